The van der Waals surface area contributed by atoms with Gasteiger partial charge in [0.25, 0.3) is 5.56 Å². The molecule has 4 rings (SSSR count). The molecule has 1 aliphatic carbocycles. The largest absolute Gasteiger partial charge is 0.422 e. The molecule has 15 heteroatoms. The molecule has 0 unspecified atom stereocenters. The first kappa shape index (κ1) is 26.8. The van der Waals surface area contributed by atoms with Crippen LogP contribution in [0.4, 0.5) is 32.3 Å². The van der Waals surface area contributed by atoms with E-state index in [1.54, 1.807) is 23.6 Å². The van der Waals surface area contributed by atoms with E-state index in [9.17, 15) is 35.9 Å². The zero-order valence-electron chi connectivity index (χ0n) is 20.0. The number of hydrogen-bond acceptors (Lipinski definition) is 7. The van der Waals surface area contributed by atoms with Gasteiger partial charge in [0.2, 0.25) is 11.9 Å². The fourth-order valence-electron chi connectivity index (χ4n) is 4.72. The molecule has 2 aromatic heterocycles. The lowest BCUT2D eigenvalue weighted by atomic mass is 9.87. The Bertz CT molecular complexity index is 1210. The molecule has 2 aromatic rings. The van der Waals surface area contributed by atoms with Gasteiger partial charge < -0.3 is 15.1 Å². The van der Waals surface area contributed by atoms with Crippen LogP contribution in [0, 0.1) is 0 Å². The highest BCUT2D eigenvalue weighted by molar-refractivity contribution is 5.81. The minimum absolute atomic E-state index is 0.0512. The number of anilines is 1. The highest BCUT2D eigenvalue weighted by atomic mass is 19.4. The number of amides is 1. The van der Waals surface area contributed by atoms with E-state index in [2.05, 4.69) is 20.4 Å². The number of aromatic nitrogens is 4. The zero-order chi connectivity index (χ0) is 27.2. The number of rotatable bonds is 5. The molecular weight excluding hydrogens is 508 g/mol. The Morgan fingerprint density at radius 1 is 1.11 bits per heavy atom. The third-order valence-electron chi connectivity index (χ3n) is 6.87. The quantitative estimate of drug-likeness (QED) is 0.568. The number of alkyl halides is 6. The monoisotopic (exact) mass is 533 g/mol. The molecule has 0 saturated carbocycles. The molecule has 37 heavy (non-hydrogen) atoms. The summed E-state index contributed by atoms with van der Waals surface area (Å²) in [5.41, 5.74) is -4.20. The van der Waals surface area contributed by atoms with Gasteiger partial charge in [-0.25, -0.2) is 15.1 Å². The maximum Gasteiger partial charge on any atom is 0.422 e. The summed E-state index contributed by atoms with van der Waals surface area (Å²) in [4.78, 5) is 35.6. The molecule has 1 fully saturated rings. The van der Waals surface area contributed by atoms with Crippen molar-refractivity contribution < 1.29 is 31.1 Å². The van der Waals surface area contributed by atoms with Crippen molar-refractivity contribution in [1.82, 2.24) is 30.4 Å². The number of aromatic amines is 1. The Balaban J connectivity index is 1.34. The fraction of sp³-hybridized carbons (Fsp3) is 0.591. The first-order chi connectivity index (χ1) is 17.2. The van der Waals surface area contributed by atoms with Crippen LogP contribution >= 0.6 is 0 Å². The molecule has 2 atom stereocenters. The van der Waals surface area contributed by atoms with Crippen molar-refractivity contribution >= 4 is 11.9 Å². The molecular formula is C22H25F6N7O2. The predicted octanol–water partition coefficient (Wildman–Crippen LogP) is 2.13. The highest BCUT2D eigenvalue weighted by Gasteiger charge is 2.45. The first-order valence-corrected chi connectivity index (χ1v) is 11.6. The number of fused-ring (bicyclic) bond motifs is 1. The van der Waals surface area contributed by atoms with E-state index in [-0.39, 0.29) is 36.1 Å². The van der Waals surface area contributed by atoms with Gasteiger partial charge in [0.15, 0.2) is 0 Å². The molecule has 1 saturated heterocycles. The van der Waals surface area contributed by atoms with E-state index in [1.165, 1.54) is 0 Å². The summed E-state index contributed by atoms with van der Waals surface area (Å²) in [7, 11) is 0. The average Bonchev–Trinajstić information content (AvgIpc) is 3.17. The molecule has 0 spiro atoms. The van der Waals surface area contributed by atoms with Crippen LogP contribution in [0.2, 0.25) is 0 Å². The number of carbonyl (C=O) groups is 1. The van der Waals surface area contributed by atoms with E-state index >= 15 is 0 Å². The van der Waals surface area contributed by atoms with Crippen molar-refractivity contribution in [2.75, 3.05) is 37.6 Å². The molecule has 202 valence electrons. The van der Waals surface area contributed by atoms with Gasteiger partial charge in [-0.1, -0.05) is 6.92 Å². The third-order valence-corrected chi connectivity index (χ3v) is 6.87. The number of nitrogens with one attached hydrogen (secondary N) is 2. The summed E-state index contributed by atoms with van der Waals surface area (Å²) in [6.07, 6.45) is -7.51. The van der Waals surface area contributed by atoms with Gasteiger partial charge in [0, 0.05) is 50.5 Å². The van der Waals surface area contributed by atoms with Gasteiger partial charge in [-0.2, -0.15) is 31.4 Å². The van der Waals surface area contributed by atoms with Crippen molar-refractivity contribution in [3.63, 3.8) is 0 Å². The minimum atomic E-state index is -4.80. The van der Waals surface area contributed by atoms with Crippen molar-refractivity contribution in [2.45, 2.75) is 50.5 Å². The molecule has 0 aromatic carbocycles. The molecule has 0 radical (unpaired) electrons. The summed E-state index contributed by atoms with van der Waals surface area (Å²) in [6, 6.07) is -0.653. The van der Waals surface area contributed by atoms with Crippen LogP contribution in [-0.4, -0.2) is 69.7 Å². The van der Waals surface area contributed by atoms with Crippen molar-refractivity contribution in [2.24, 2.45) is 0 Å². The Morgan fingerprint density at radius 2 is 1.73 bits per heavy atom. The lowest BCUT2D eigenvalue weighted by Gasteiger charge is -2.36. The SMILES string of the molecule is C[C@H](NC[C@@]1(C)CCc2c1n[nH]c(=O)c2C(F)(F)F)C(=O)N1CCN(c2ncc(C(F)(F)F)cn2)CC1. The average molecular weight is 533 g/mol. The molecule has 3 heterocycles. The molecule has 9 nitrogen and oxygen atoms in total. The molecule has 1 aliphatic heterocycles. The summed E-state index contributed by atoms with van der Waals surface area (Å²) >= 11 is 0. The van der Waals surface area contributed by atoms with E-state index in [0.717, 1.165) is 12.4 Å². The number of nitrogens with zero attached hydrogens (tertiary/aromatic N) is 5. The minimum Gasteiger partial charge on any atom is -0.338 e. The summed E-state index contributed by atoms with van der Waals surface area (Å²) in [5, 5.41) is 8.94. The Labute approximate surface area is 207 Å². The third kappa shape index (κ3) is 5.40. The van der Waals surface area contributed by atoms with Gasteiger partial charge in [-0.15, -0.1) is 0 Å². The Morgan fingerprint density at radius 3 is 2.30 bits per heavy atom. The van der Waals surface area contributed by atoms with Crippen molar-refractivity contribution in [3.8, 4) is 0 Å². The first-order valence-electron chi connectivity index (χ1n) is 11.6. The summed E-state index contributed by atoms with van der Waals surface area (Å²) in [6.45, 7) is 4.80. The molecule has 2 aliphatic rings. The Hall–Kier alpha value is -3.23. The molecule has 1 amide bonds. The van der Waals surface area contributed by atoms with Crippen LogP contribution in [0.3, 0.4) is 0 Å². The predicted molar refractivity (Wildman–Crippen MR) is 119 cm³/mol. The van der Waals surface area contributed by atoms with E-state index < -0.39 is 40.5 Å². The number of hydrogen-bond donors (Lipinski definition) is 2. The topological polar surface area (TPSA) is 107 Å². The van der Waals surface area contributed by atoms with Gasteiger partial charge in [0.1, 0.15) is 5.56 Å². The van der Waals surface area contributed by atoms with E-state index in [1.807, 2.05) is 5.10 Å². The highest BCUT2D eigenvalue weighted by Crippen LogP contribution is 2.41. The number of carbonyl (C=O) groups excluding carboxylic acids is 1. The van der Waals surface area contributed by atoms with E-state index in [4.69, 9.17) is 0 Å². The van der Waals surface area contributed by atoms with Crippen molar-refractivity contribution in [1.29, 1.82) is 0 Å². The smallest absolute Gasteiger partial charge is 0.338 e. The van der Waals surface area contributed by atoms with Crippen LogP contribution in [0.25, 0.3) is 0 Å². The second kappa shape index (κ2) is 9.58. The van der Waals surface area contributed by atoms with Gasteiger partial charge >= 0.3 is 12.4 Å². The normalized spacial score (nSPS) is 21.2. The van der Waals surface area contributed by atoms with Crippen LogP contribution < -0.4 is 15.8 Å². The van der Waals surface area contributed by atoms with Crippen LogP contribution in [0.1, 0.15) is 42.7 Å². The second-order valence-electron chi connectivity index (χ2n) is 9.50. The Kier molecular flexibility index (Phi) is 6.94. The van der Waals surface area contributed by atoms with E-state index in [0.29, 0.717) is 32.6 Å². The maximum atomic E-state index is 13.4. The van der Waals surface area contributed by atoms with Gasteiger partial charge in [0.05, 0.1) is 17.3 Å². The number of halogens is 6. The fourth-order valence-corrected chi connectivity index (χ4v) is 4.72. The van der Waals surface area contributed by atoms with Crippen LogP contribution in [0.5, 0.6) is 0 Å². The summed E-state index contributed by atoms with van der Waals surface area (Å²) in [5.74, 6) is -0.0805. The van der Waals surface area contributed by atoms with Gasteiger partial charge in [-0.05, 0) is 25.3 Å². The van der Waals surface area contributed by atoms with Gasteiger partial charge in [-0.3, -0.25) is 9.59 Å². The standard InChI is InChI=1S/C22H25F6N7O2/c1-12(31-11-20(2)4-3-14-15(22(26,27)28)17(36)33-32-16(14)20)18(37)34-5-7-35(8-6-34)19-29-9-13(10-30-19)21(23,24)25/h9-10,12,31H,3-8,11H2,1-2H3,(H,33,36)/t12-,20+/m0/s1. The lowest BCUT2D eigenvalue weighted by Crippen LogP contribution is -2.54. The second-order valence-corrected chi connectivity index (χ2v) is 9.50. The zero-order valence-corrected chi connectivity index (χ0v) is 20.0. The van der Waals surface area contributed by atoms with Crippen molar-refractivity contribution in [3.05, 3.63) is 45.1 Å². The number of piperazine rings is 1. The lowest BCUT2D eigenvalue weighted by molar-refractivity contribution is -0.139. The van der Waals surface area contributed by atoms with Crippen LogP contribution in [-0.2, 0) is 29.0 Å². The molecule has 2 N–H and O–H groups in total. The maximum absolute atomic E-state index is 13.4. The van der Waals surface area contributed by atoms with Crippen LogP contribution in [0.15, 0.2) is 17.2 Å². The number of H-pyrrole nitrogens is 1. The molecule has 0 bridgehead atoms. The summed E-state index contributed by atoms with van der Waals surface area (Å²) < 4.78 is 78.4.